The Hall–Kier alpha value is -1.11. The highest BCUT2D eigenvalue weighted by Crippen LogP contribution is 2.09. The molecule has 6 nitrogen and oxygen atoms in total. The van der Waals surface area contributed by atoms with Crippen LogP contribution < -0.4 is 5.32 Å². The molecule has 0 heterocycles. The molecular formula is C12H23NO5S. The summed E-state index contributed by atoms with van der Waals surface area (Å²) in [4.78, 5) is 22.5. The first-order valence-electron chi connectivity index (χ1n) is 6.36. The van der Waals surface area contributed by atoms with Crippen LogP contribution >= 0.6 is 0 Å². The maximum atomic E-state index is 11.9. The van der Waals surface area contributed by atoms with E-state index in [9.17, 15) is 18.0 Å². The topological polar surface area (TPSA) is 101 Å². The molecule has 112 valence electrons. The van der Waals surface area contributed by atoms with Gasteiger partial charge in [-0.05, 0) is 20.3 Å². The number of carboxylic acids is 1. The van der Waals surface area contributed by atoms with Gasteiger partial charge in [-0.1, -0.05) is 20.3 Å². The minimum Gasteiger partial charge on any atom is -0.481 e. The van der Waals surface area contributed by atoms with Crippen LogP contribution in [0.4, 0.5) is 0 Å². The van der Waals surface area contributed by atoms with E-state index in [0.29, 0.717) is 0 Å². The van der Waals surface area contributed by atoms with Gasteiger partial charge in [0.15, 0.2) is 9.84 Å². The predicted molar refractivity (Wildman–Crippen MR) is 72.6 cm³/mol. The Morgan fingerprint density at radius 3 is 2.16 bits per heavy atom. The average Bonchev–Trinajstić information content (AvgIpc) is 2.27. The lowest BCUT2D eigenvalue weighted by molar-refractivity contribution is -0.140. The number of nitrogens with one attached hydrogen (secondary N) is 1. The van der Waals surface area contributed by atoms with Crippen molar-refractivity contribution in [2.45, 2.75) is 51.8 Å². The average molecular weight is 293 g/mol. The molecule has 2 N–H and O–H groups in total. The van der Waals surface area contributed by atoms with Crippen LogP contribution in [-0.2, 0) is 19.4 Å². The van der Waals surface area contributed by atoms with Crippen LogP contribution in [0.15, 0.2) is 0 Å². The van der Waals surface area contributed by atoms with Crippen LogP contribution in [0.2, 0.25) is 0 Å². The summed E-state index contributed by atoms with van der Waals surface area (Å²) < 4.78 is 23.8. The van der Waals surface area contributed by atoms with E-state index in [-0.39, 0.29) is 6.04 Å². The van der Waals surface area contributed by atoms with Crippen molar-refractivity contribution in [2.24, 2.45) is 5.92 Å². The van der Waals surface area contributed by atoms with Gasteiger partial charge in [0.2, 0.25) is 5.91 Å². The Morgan fingerprint density at radius 2 is 1.74 bits per heavy atom. The van der Waals surface area contributed by atoms with E-state index in [1.807, 2.05) is 6.92 Å². The molecule has 19 heavy (non-hydrogen) atoms. The van der Waals surface area contributed by atoms with Gasteiger partial charge in [0.1, 0.15) is 5.25 Å². The third-order valence-corrected chi connectivity index (χ3v) is 5.18. The number of sulfone groups is 1. The largest absolute Gasteiger partial charge is 0.481 e. The molecule has 0 spiro atoms. The highest BCUT2D eigenvalue weighted by Gasteiger charge is 2.31. The van der Waals surface area contributed by atoms with E-state index in [1.165, 1.54) is 13.8 Å². The highest BCUT2D eigenvalue weighted by atomic mass is 32.2. The molecule has 0 radical (unpaired) electrons. The van der Waals surface area contributed by atoms with Crippen molar-refractivity contribution < 1.29 is 23.1 Å². The molecule has 0 bridgehead atoms. The lowest BCUT2D eigenvalue weighted by Gasteiger charge is -2.18. The number of amides is 1. The Morgan fingerprint density at radius 1 is 1.21 bits per heavy atom. The number of carbonyl (C=O) groups excluding carboxylic acids is 1. The van der Waals surface area contributed by atoms with Crippen molar-refractivity contribution in [3.05, 3.63) is 0 Å². The summed E-state index contributed by atoms with van der Waals surface area (Å²) in [6, 6.07) is -0.0907. The number of hydrogen-bond donors (Lipinski definition) is 2. The maximum absolute atomic E-state index is 11.9. The van der Waals surface area contributed by atoms with Crippen molar-refractivity contribution in [1.29, 1.82) is 0 Å². The maximum Gasteiger partial charge on any atom is 0.307 e. The Balaban J connectivity index is 4.66. The van der Waals surface area contributed by atoms with Crippen molar-refractivity contribution in [3.63, 3.8) is 0 Å². The van der Waals surface area contributed by atoms with Crippen LogP contribution in [0.3, 0.4) is 0 Å². The second kappa shape index (κ2) is 7.47. The molecule has 0 aromatic heterocycles. The first-order valence-corrected chi connectivity index (χ1v) is 8.08. The summed E-state index contributed by atoms with van der Waals surface area (Å²) in [6.07, 6.45) is 1.66. The van der Waals surface area contributed by atoms with Gasteiger partial charge in [-0.3, -0.25) is 9.59 Å². The third-order valence-electron chi connectivity index (χ3n) is 2.92. The highest BCUT2D eigenvalue weighted by molar-refractivity contribution is 7.92. The Bertz CT molecular complexity index is 418. The van der Waals surface area contributed by atoms with Gasteiger partial charge in [-0.2, -0.15) is 0 Å². The second-order valence-corrected chi connectivity index (χ2v) is 7.28. The summed E-state index contributed by atoms with van der Waals surface area (Å²) in [5.41, 5.74) is 0. The van der Waals surface area contributed by atoms with E-state index < -0.39 is 38.6 Å². The van der Waals surface area contributed by atoms with Crippen molar-refractivity contribution >= 4 is 21.7 Å². The summed E-state index contributed by atoms with van der Waals surface area (Å²) in [5, 5.41) is 10.1. The minimum absolute atomic E-state index is 0.0907. The first-order chi connectivity index (χ1) is 8.61. The zero-order valence-electron chi connectivity index (χ0n) is 11.8. The van der Waals surface area contributed by atoms with E-state index >= 15 is 0 Å². The summed E-state index contributed by atoms with van der Waals surface area (Å²) in [6.45, 7) is 6.38. The van der Waals surface area contributed by atoms with E-state index in [1.54, 1.807) is 6.92 Å². The van der Waals surface area contributed by atoms with Crippen molar-refractivity contribution in [2.75, 3.05) is 5.75 Å². The number of carboxylic acid groups (broad SMARTS) is 1. The third kappa shape index (κ3) is 6.04. The van der Waals surface area contributed by atoms with Crippen LogP contribution in [0, 0.1) is 5.92 Å². The quantitative estimate of drug-likeness (QED) is 0.690. The van der Waals surface area contributed by atoms with Gasteiger partial charge in [0, 0.05) is 6.04 Å². The summed E-state index contributed by atoms with van der Waals surface area (Å²) in [5.74, 6) is -3.30. The lowest BCUT2D eigenvalue weighted by Crippen LogP contribution is -2.43. The number of hydrogen-bond acceptors (Lipinski definition) is 4. The fourth-order valence-electron chi connectivity index (χ4n) is 1.59. The molecule has 0 saturated heterocycles. The molecule has 0 aliphatic rings. The molecule has 0 saturated carbocycles. The molecule has 0 fully saturated rings. The van der Waals surface area contributed by atoms with Gasteiger partial charge < -0.3 is 10.4 Å². The number of carbonyl (C=O) groups is 2. The zero-order valence-corrected chi connectivity index (χ0v) is 12.7. The molecule has 0 aromatic rings. The molecule has 1 amide bonds. The van der Waals surface area contributed by atoms with Crippen LogP contribution in [0.25, 0.3) is 0 Å². The van der Waals surface area contributed by atoms with E-state index in [0.717, 1.165) is 12.8 Å². The molecule has 3 unspecified atom stereocenters. The molecule has 0 rings (SSSR count). The standard InChI is InChI=1S/C12H23NO5S/c1-5-6-9(3)13-11(14)10(4)19(17,18)7-8(2)12(15)16/h8-10H,5-7H2,1-4H3,(H,13,14)(H,15,16). The van der Waals surface area contributed by atoms with Crippen LogP contribution in [0.5, 0.6) is 0 Å². The zero-order chi connectivity index (χ0) is 15.2. The molecule has 0 aliphatic carbocycles. The van der Waals surface area contributed by atoms with Crippen molar-refractivity contribution in [3.8, 4) is 0 Å². The molecule has 7 heteroatoms. The molecule has 0 aromatic carbocycles. The van der Waals surface area contributed by atoms with Gasteiger partial charge in [-0.25, -0.2) is 8.42 Å². The smallest absolute Gasteiger partial charge is 0.307 e. The fourth-order valence-corrected chi connectivity index (χ4v) is 3.11. The van der Waals surface area contributed by atoms with Gasteiger partial charge in [-0.15, -0.1) is 0 Å². The molecule has 0 aliphatic heterocycles. The fraction of sp³-hybridized carbons (Fsp3) is 0.833. The van der Waals surface area contributed by atoms with Gasteiger partial charge in [0.25, 0.3) is 0 Å². The normalized spacial score (nSPS) is 16.4. The second-order valence-electron chi connectivity index (χ2n) is 4.91. The van der Waals surface area contributed by atoms with Gasteiger partial charge >= 0.3 is 5.97 Å². The Kier molecular flexibility index (Phi) is 7.04. The lowest BCUT2D eigenvalue weighted by atomic mass is 10.2. The Labute approximate surface area is 114 Å². The molecule has 3 atom stereocenters. The summed E-state index contributed by atoms with van der Waals surface area (Å²) >= 11 is 0. The van der Waals surface area contributed by atoms with Crippen LogP contribution in [-0.4, -0.2) is 42.4 Å². The van der Waals surface area contributed by atoms with Crippen molar-refractivity contribution in [1.82, 2.24) is 5.32 Å². The first kappa shape index (κ1) is 17.9. The number of aliphatic carboxylic acids is 1. The van der Waals surface area contributed by atoms with Crippen LogP contribution in [0.1, 0.15) is 40.5 Å². The number of rotatable bonds is 8. The van der Waals surface area contributed by atoms with E-state index in [2.05, 4.69) is 5.32 Å². The summed E-state index contributed by atoms with van der Waals surface area (Å²) in [7, 11) is -3.76. The molecular weight excluding hydrogens is 270 g/mol. The monoisotopic (exact) mass is 293 g/mol. The SMILES string of the molecule is CCCC(C)NC(=O)C(C)S(=O)(=O)CC(C)C(=O)O. The van der Waals surface area contributed by atoms with Gasteiger partial charge in [0.05, 0.1) is 11.7 Å². The minimum atomic E-state index is -3.76. The predicted octanol–water partition coefficient (Wildman–Crippen LogP) is 0.815. The van der Waals surface area contributed by atoms with E-state index in [4.69, 9.17) is 5.11 Å².